The lowest BCUT2D eigenvalue weighted by Gasteiger charge is -1.99. The molecule has 16 heavy (non-hydrogen) atoms. The smallest absolute Gasteiger partial charge is 0.246 e. The number of nitrogens with zero attached hydrogens (tertiary/aromatic N) is 3. The van der Waals surface area contributed by atoms with E-state index in [0.29, 0.717) is 11.5 Å². The van der Waals surface area contributed by atoms with Crippen LogP contribution in [0.5, 0.6) is 0 Å². The predicted octanol–water partition coefficient (Wildman–Crippen LogP) is 0.432. The van der Waals surface area contributed by atoms with Crippen LogP contribution in [0, 0.1) is 6.92 Å². The largest absolute Gasteiger partial charge is 0.394 e. The molecule has 0 bridgehead atoms. The Morgan fingerprint density at radius 1 is 1.56 bits per heavy atom. The second kappa shape index (κ2) is 4.38. The van der Waals surface area contributed by atoms with E-state index in [1.807, 2.05) is 19.1 Å². The summed E-state index contributed by atoms with van der Waals surface area (Å²) in [5, 5.41) is 12.6. The molecule has 2 aromatic rings. The van der Waals surface area contributed by atoms with Crippen LogP contribution in [-0.4, -0.2) is 26.8 Å². The SMILES string of the molecule is Cc1cccnc1-c1noc([C@H](N)CO)n1. The topological polar surface area (TPSA) is 98.1 Å². The monoisotopic (exact) mass is 220 g/mol. The molecule has 0 saturated carbocycles. The van der Waals surface area contributed by atoms with Crippen molar-refractivity contribution in [1.29, 1.82) is 0 Å². The molecule has 1 atom stereocenters. The molecule has 0 radical (unpaired) electrons. The Bertz CT molecular complexity index is 483. The van der Waals surface area contributed by atoms with Gasteiger partial charge in [0.05, 0.1) is 6.61 Å². The lowest BCUT2D eigenvalue weighted by Crippen LogP contribution is -2.14. The highest BCUT2D eigenvalue weighted by molar-refractivity contribution is 5.53. The summed E-state index contributed by atoms with van der Waals surface area (Å²) in [7, 11) is 0. The molecule has 6 nitrogen and oxygen atoms in total. The molecule has 2 aromatic heterocycles. The summed E-state index contributed by atoms with van der Waals surface area (Å²) < 4.78 is 4.94. The molecule has 84 valence electrons. The van der Waals surface area contributed by atoms with Crippen LogP contribution in [0.15, 0.2) is 22.9 Å². The van der Waals surface area contributed by atoms with E-state index >= 15 is 0 Å². The van der Waals surface area contributed by atoms with E-state index in [0.717, 1.165) is 5.56 Å². The molecule has 0 spiro atoms. The Morgan fingerprint density at radius 2 is 2.38 bits per heavy atom. The van der Waals surface area contributed by atoms with Crippen molar-refractivity contribution >= 4 is 0 Å². The summed E-state index contributed by atoms with van der Waals surface area (Å²) in [4.78, 5) is 8.25. The fourth-order valence-electron chi connectivity index (χ4n) is 1.28. The van der Waals surface area contributed by atoms with Gasteiger partial charge in [0.25, 0.3) is 0 Å². The third kappa shape index (κ3) is 1.93. The number of nitrogens with two attached hydrogens (primary N) is 1. The van der Waals surface area contributed by atoms with Crippen LogP contribution in [0.2, 0.25) is 0 Å². The lowest BCUT2D eigenvalue weighted by atomic mass is 10.2. The maximum atomic E-state index is 8.85. The quantitative estimate of drug-likeness (QED) is 0.778. The van der Waals surface area contributed by atoms with Crippen LogP contribution in [0.4, 0.5) is 0 Å². The van der Waals surface area contributed by atoms with Crippen LogP contribution in [0.1, 0.15) is 17.5 Å². The third-order valence-electron chi connectivity index (χ3n) is 2.18. The van der Waals surface area contributed by atoms with E-state index in [2.05, 4.69) is 15.1 Å². The van der Waals surface area contributed by atoms with Gasteiger partial charge in [-0.25, -0.2) is 0 Å². The van der Waals surface area contributed by atoms with Crippen molar-refractivity contribution in [3.63, 3.8) is 0 Å². The molecule has 2 rings (SSSR count). The van der Waals surface area contributed by atoms with Gasteiger partial charge in [-0.3, -0.25) is 4.98 Å². The molecule has 6 heteroatoms. The van der Waals surface area contributed by atoms with Crippen LogP contribution in [0.3, 0.4) is 0 Å². The van der Waals surface area contributed by atoms with Gasteiger partial charge >= 0.3 is 0 Å². The maximum Gasteiger partial charge on any atom is 0.246 e. The first-order valence-electron chi connectivity index (χ1n) is 4.84. The second-order valence-corrected chi connectivity index (χ2v) is 3.41. The van der Waals surface area contributed by atoms with Crippen molar-refractivity contribution in [3.8, 4) is 11.5 Å². The second-order valence-electron chi connectivity index (χ2n) is 3.41. The molecule has 0 aliphatic rings. The average Bonchev–Trinajstić information content (AvgIpc) is 2.78. The first-order valence-corrected chi connectivity index (χ1v) is 4.84. The van der Waals surface area contributed by atoms with Crippen LogP contribution >= 0.6 is 0 Å². The van der Waals surface area contributed by atoms with E-state index in [1.54, 1.807) is 6.20 Å². The number of aromatic nitrogens is 3. The molecule has 0 amide bonds. The van der Waals surface area contributed by atoms with E-state index in [1.165, 1.54) is 0 Å². The average molecular weight is 220 g/mol. The van der Waals surface area contributed by atoms with Crippen LogP contribution < -0.4 is 5.73 Å². The molecule has 0 saturated heterocycles. The molecular formula is C10H12N4O2. The van der Waals surface area contributed by atoms with Crippen molar-refractivity contribution in [2.75, 3.05) is 6.61 Å². The van der Waals surface area contributed by atoms with E-state index in [9.17, 15) is 0 Å². The first kappa shape index (κ1) is 10.7. The van der Waals surface area contributed by atoms with Crippen molar-refractivity contribution in [2.24, 2.45) is 5.73 Å². The van der Waals surface area contributed by atoms with E-state index in [4.69, 9.17) is 15.4 Å². The third-order valence-corrected chi connectivity index (χ3v) is 2.18. The van der Waals surface area contributed by atoms with Gasteiger partial charge in [0.15, 0.2) is 0 Å². The Kier molecular flexibility index (Phi) is 2.93. The Morgan fingerprint density at radius 3 is 3.06 bits per heavy atom. The van der Waals surface area contributed by atoms with Gasteiger partial charge in [0.2, 0.25) is 11.7 Å². The predicted molar refractivity (Wildman–Crippen MR) is 56.3 cm³/mol. The van der Waals surface area contributed by atoms with Gasteiger partial charge in [-0.2, -0.15) is 4.98 Å². The Balaban J connectivity index is 2.35. The highest BCUT2D eigenvalue weighted by Gasteiger charge is 2.16. The van der Waals surface area contributed by atoms with E-state index < -0.39 is 6.04 Å². The van der Waals surface area contributed by atoms with Gasteiger partial charge in [-0.1, -0.05) is 11.2 Å². The summed E-state index contributed by atoms with van der Waals surface area (Å²) >= 11 is 0. The molecule has 0 aliphatic heterocycles. The normalized spacial score (nSPS) is 12.7. The highest BCUT2D eigenvalue weighted by atomic mass is 16.5. The van der Waals surface area contributed by atoms with Gasteiger partial charge in [-0.15, -0.1) is 0 Å². The van der Waals surface area contributed by atoms with Gasteiger partial charge < -0.3 is 15.4 Å². The van der Waals surface area contributed by atoms with Crippen LogP contribution in [-0.2, 0) is 0 Å². The van der Waals surface area contributed by atoms with Gasteiger partial charge in [-0.05, 0) is 18.6 Å². The standard InChI is InChI=1S/C10H12N4O2/c1-6-3-2-4-12-8(6)9-13-10(16-14-9)7(11)5-15/h2-4,7,15H,5,11H2,1H3/t7-/m1/s1. The zero-order valence-corrected chi connectivity index (χ0v) is 8.79. The molecule has 2 heterocycles. The minimum Gasteiger partial charge on any atom is -0.394 e. The van der Waals surface area contributed by atoms with Crippen molar-refractivity contribution in [2.45, 2.75) is 13.0 Å². The highest BCUT2D eigenvalue weighted by Crippen LogP contribution is 2.18. The maximum absolute atomic E-state index is 8.85. The molecular weight excluding hydrogens is 208 g/mol. The van der Waals surface area contributed by atoms with Crippen molar-refractivity contribution in [1.82, 2.24) is 15.1 Å². The Hall–Kier alpha value is -1.79. The number of aliphatic hydroxyl groups excluding tert-OH is 1. The molecule has 0 aliphatic carbocycles. The van der Waals surface area contributed by atoms with Crippen LogP contribution in [0.25, 0.3) is 11.5 Å². The number of hydrogen-bond donors (Lipinski definition) is 2. The van der Waals surface area contributed by atoms with E-state index in [-0.39, 0.29) is 12.5 Å². The minimum absolute atomic E-state index is 0.211. The number of aryl methyl sites for hydroxylation is 1. The molecule has 0 fully saturated rings. The molecule has 0 aromatic carbocycles. The Labute approximate surface area is 92.1 Å². The van der Waals surface area contributed by atoms with Crippen molar-refractivity contribution < 1.29 is 9.63 Å². The summed E-state index contributed by atoms with van der Waals surface area (Å²) in [6.07, 6.45) is 1.66. The fourth-order valence-corrected chi connectivity index (χ4v) is 1.28. The lowest BCUT2D eigenvalue weighted by molar-refractivity contribution is 0.237. The van der Waals surface area contributed by atoms with Gasteiger partial charge in [0, 0.05) is 6.20 Å². The fraction of sp³-hybridized carbons (Fsp3) is 0.300. The zero-order valence-electron chi connectivity index (χ0n) is 8.79. The van der Waals surface area contributed by atoms with Gasteiger partial charge in [0.1, 0.15) is 11.7 Å². The summed E-state index contributed by atoms with van der Waals surface area (Å²) in [6.45, 7) is 1.67. The number of rotatable bonds is 3. The summed E-state index contributed by atoms with van der Waals surface area (Å²) in [6, 6.07) is 3.09. The first-order chi connectivity index (χ1) is 7.72. The molecule has 0 unspecified atom stereocenters. The summed E-state index contributed by atoms with van der Waals surface area (Å²) in [5.74, 6) is 0.597. The minimum atomic E-state index is -0.648. The zero-order chi connectivity index (χ0) is 11.5. The number of hydrogen-bond acceptors (Lipinski definition) is 6. The van der Waals surface area contributed by atoms with Crippen molar-refractivity contribution in [3.05, 3.63) is 29.8 Å². The number of aliphatic hydroxyl groups is 1. The molecule has 3 N–H and O–H groups in total. The number of pyridine rings is 1. The summed E-state index contributed by atoms with van der Waals surface area (Å²) in [5.41, 5.74) is 7.16.